The highest BCUT2D eigenvalue weighted by Gasteiger charge is 2.10. The third-order valence-electron chi connectivity index (χ3n) is 3.02. The normalized spacial score (nSPS) is 10.5. The molecule has 3 aromatic rings. The summed E-state index contributed by atoms with van der Waals surface area (Å²) >= 11 is 3.54. The molecule has 0 fully saturated rings. The van der Waals surface area contributed by atoms with Crippen molar-refractivity contribution in [1.29, 1.82) is 0 Å². The molecule has 5 heteroatoms. The van der Waals surface area contributed by atoms with Crippen LogP contribution in [0.1, 0.15) is 0 Å². The fourth-order valence-electron chi connectivity index (χ4n) is 2.00. The van der Waals surface area contributed by atoms with Gasteiger partial charge in [0.1, 0.15) is 5.75 Å². The van der Waals surface area contributed by atoms with E-state index in [1.165, 1.54) is 0 Å². The molecule has 0 atom stereocenters. The molecule has 3 rings (SSSR count). The Morgan fingerprint density at radius 1 is 1.05 bits per heavy atom. The molecule has 20 heavy (non-hydrogen) atoms. The molecule has 0 unspecified atom stereocenters. The fraction of sp³-hybridized carbons (Fsp3) is 0.0667. The first kappa shape index (κ1) is 12.9. The molecule has 4 nitrogen and oxygen atoms in total. The van der Waals surface area contributed by atoms with E-state index in [2.05, 4.69) is 26.2 Å². The van der Waals surface area contributed by atoms with Crippen LogP contribution in [0.3, 0.4) is 0 Å². The molecule has 1 aromatic heterocycles. The van der Waals surface area contributed by atoms with Gasteiger partial charge in [0.2, 0.25) is 0 Å². The zero-order valence-electron chi connectivity index (χ0n) is 10.8. The van der Waals surface area contributed by atoms with E-state index in [1.54, 1.807) is 13.3 Å². The molecule has 0 radical (unpaired) electrons. The van der Waals surface area contributed by atoms with Crippen molar-refractivity contribution < 1.29 is 4.74 Å². The molecule has 0 saturated carbocycles. The minimum Gasteiger partial charge on any atom is -0.497 e. The summed E-state index contributed by atoms with van der Waals surface area (Å²) in [6.45, 7) is 0. The Morgan fingerprint density at radius 3 is 2.50 bits per heavy atom. The third kappa shape index (κ3) is 2.32. The van der Waals surface area contributed by atoms with Gasteiger partial charge in [0.25, 0.3) is 0 Å². The van der Waals surface area contributed by atoms with Gasteiger partial charge < -0.3 is 4.74 Å². The highest BCUT2D eigenvalue weighted by Crippen LogP contribution is 2.27. The lowest BCUT2D eigenvalue weighted by atomic mass is 10.1. The Labute approximate surface area is 125 Å². The fourth-order valence-corrected chi connectivity index (χ4v) is 2.45. The van der Waals surface area contributed by atoms with E-state index in [9.17, 15) is 0 Å². The van der Waals surface area contributed by atoms with Gasteiger partial charge in [0.15, 0.2) is 0 Å². The number of ether oxygens (including phenoxy) is 1. The van der Waals surface area contributed by atoms with E-state index in [1.807, 2.05) is 53.2 Å². The Kier molecular flexibility index (Phi) is 3.52. The summed E-state index contributed by atoms with van der Waals surface area (Å²) in [5.74, 6) is 0.827. The summed E-state index contributed by atoms with van der Waals surface area (Å²) in [7, 11) is 1.65. The maximum absolute atomic E-state index is 5.17. The number of aromatic nitrogens is 3. The predicted octanol–water partition coefficient (Wildman–Crippen LogP) is 3.71. The van der Waals surface area contributed by atoms with Gasteiger partial charge in [0, 0.05) is 10.0 Å². The second kappa shape index (κ2) is 5.46. The molecular formula is C15H12BrN3O. The van der Waals surface area contributed by atoms with Gasteiger partial charge >= 0.3 is 0 Å². The number of nitrogens with zero attached hydrogens (tertiary/aromatic N) is 3. The summed E-state index contributed by atoms with van der Waals surface area (Å²) in [6, 6.07) is 15.7. The molecule has 0 bridgehead atoms. The monoisotopic (exact) mass is 329 g/mol. The molecule has 0 N–H and O–H groups in total. The summed E-state index contributed by atoms with van der Waals surface area (Å²) < 4.78 is 7.96. The number of hydrogen-bond donors (Lipinski definition) is 0. The number of hydrogen-bond acceptors (Lipinski definition) is 3. The van der Waals surface area contributed by atoms with E-state index in [4.69, 9.17) is 4.74 Å². The quantitative estimate of drug-likeness (QED) is 0.735. The van der Waals surface area contributed by atoms with E-state index in [0.717, 1.165) is 27.2 Å². The van der Waals surface area contributed by atoms with Crippen molar-refractivity contribution in [3.63, 3.8) is 0 Å². The zero-order valence-corrected chi connectivity index (χ0v) is 12.4. The summed E-state index contributed by atoms with van der Waals surface area (Å²) in [5, 5.41) is 8.19. The van der Waals surface area contributed by atoms with Crippen LogP contribution in [0.2, 0.25) is 0 Å². The summed E-state index contributed by atoms with van der Waals surface area (Å²) in [4.78, 5) is 0. The van der Waals surface area contributed by atoms with Gasteiger partial charge in [0.05, 0.1) is 24.7 Å². The second-order valence-corrected chi connectivity index (χ2v) is 5.07. The molecule has 100 valence electrons. The molecule has 1 heterocycles. The Morgan fingerprint density at radius 2 is 1.80 bits per heavy atom. The SMILES string of the molecule is COc1ccc(-c2cnnn2-c2ccccc2Br)cc1. The minimum absolute atomic E-state index is 0.827. The van der Waals surface area contributed by atoms with Gasteiger partial charge in [-0.25, -0.2) is 4.68 Å². The smallest absolute Gasteiger partial charge is 0.118 e. The highest BCUT2D eigenvalue weighted by molar-refractivity contribution is 9.10. The van der Waals surface area contributed by atoms with Crippen molar-refractivity contribution in [2.75, 3.05) is 7.11 Å². The van der Waals surface area contributed by atoms with Crippen LogP contribution in [-0.4, -0.2) is 22.1 Å². The lowest BCUT2D eigenvalue weighted by Crippen LogP contribution is -2.00. The van der Waals surface area contributed by atoms with Crippen molar-refractivity contribution in [3.8, 4) is 22.7 Å². The Hall–Kier alpha value is -2.14. The van der Waals surface area contributed by atoms with Crippen LogP contribution in [-0.2, 0) is 0 Å². The van der Waals surface area contributed by atoms with E-state index < -0.39 is 0 Å². The van der Waals surface area contributed by atoms with Crippen molar-refractivity contribution in [2.24, 2.45) is 0 Å². The number of methoxy groups -OCH3 is 1. The van der Waals surface area contributed by atoms with Gasteiger partial charge in [-0.15, -0.1) is 5.10 Å². The average molecular weight is 330 g/mol. The number of rotatable bonds is 3. The van der Waals surface area contributed by atoms with Gasteiger partial charge in [-0.3, -0.25) is 0 Å². The molecule has 0 amide bonds. The average Bonchev–Trinajstić information content (AvgIpc) is 2.97. The van der Waals surface area contributed by atoms with Crippen LogP contribution in [0.4, 0.5) is 0 Å². The Balaban J connectivity index is 2.08. The van der Waals surface area contributed by atoms with Gasteiger partial charge in [-0.05, 0) is 52.3 Å². The van der Waals surface area contributed by atoms with Crippen LogP contribution in [0, 0.1) is 0 Å². The zero-order chi connectivity index (χ0) is 13.9. The Bertz CT molecular complexity index is 722. The molecule has 0 spiro atoms. The third-order valence-corrected chi connectivity index (χ3v) is 3.69. The molecule has 2 aromatic carbocycles. The largest absolute Gasteiger partial charge is 0.497 e. The highest BCUT2D eigenvalue weighted by atomic mass is 79.9. The maximum Gasteiger partial charge on any atom is 0.118 e. The number of para-hydroxylation sites is 1. The first-order valence-corrected chi connectivity index (χ1v) is 6.89. The van der Waals surface area contributed by atoms with Crippen molar-refractivity contribution >= 4 is 15.9 Å². The molecule has 0 saturated heterocycles. The topological polar surface area (TPSA) is 39.9 Å². The first-order valence-electron chi connectivity index (χ1n) is 6.09. The lowest BCUT2D eigenvalue weighted by molar-refractivity contribution is 0.415. The number of halogens is 1. The van der Waals surface area contributed by atoms with E-state index >= 15 is 0 Å². The van der Waals surface area contributed by atoms with Crippen LogP contribution in [0.5, 0.6) is 5.75 Å². The summed E-state index contributed by atoms with van der Waals surface area (Å²) in [6.07, 6.45) is 1.75. The van der Waals surface area contributed by atoms with Gasteiger partial charge in [-0.1, -0.05) is 17.3 Å². The summed E-state index contributed by atoms with van der Waals surface area (Å²) in [5.41, 5.74) is 2.92. The van der Waals surface area contributed by atoms with Gasteiger partial charge in [-0.2, -0.15) is 0 Å². The van der Waals surface area contributed by atoms with Crippen LogP contribution >= 0.6 is 15.9 Å². The molecular weight excluding hydrogens is 318 g/mol. The van der Waals surface area contributed by atoms with Crippen molar-refractivity contribution in [1.82, 2.24) is 15.0 Å². The second-order valence-electron chi connectivity index (χ2n) is 4.21. The maximum atomic E-state index is 5.17. The van der Waals surface area contributed by atoms with Crippen LogP contribution < -0.4 is 4.74 Å². The lowest BCUT2D eigenvalue weighted by Gasteiger charge is -2.08. The van der Waals surface area contributed by atoms with E-state index in [-0.39, 0.29) is 0 Å². The van der Waals surface area contributed by atoms with Crippen LogP contribution in [0.15, 0.2) is 59.2 Å². The van der Waals surface area contributed by atoms with Crippen LogP contribution in [0.25, 0.3) is 16.9 Å². The molecule has 0 aliphatic carbocycles. The standard InChI is InChI=1S/C15H12BrN3O/c1-20-12-8-6-11(7-9-12)15-10-17-18-19(15)14-5-3-2-4-13(14)16/h2-10H,1H3. The van der Waals surface area contributed by atoms with E-state index in [0.29, 0.717) is 0 Å². The van der Waals surface area contributed by atoms with Crippen molar-refractivity contribution in [3.05, 3.63) is 59.2 Å². The van der Waals surface area contributed by atoms with Crippen molar-refractivity contribution in [2.45, 2.75) is 0 Å². The molecule has 0 aliphatic rings. The molecule has 0 aliphatic heterocycles. The minimum atomic E-state index is 0.827. The predicted molar refractivity (Wildman–Crippen MR) is 81.0 cm³/mol. The number of benzene rings is 2. The first-order chi connectivity index (χ1) is 9.79.